The first-order valence-corrected chi connectivity index (χ1v) is 11.7. The molecule has 0 spiro atoms. The molecule has 0 aliphatic carbocycles. The maximum atomic E-state index is 12.7. The molecular formula is C25H30N4OS. The zero-order chi connectivity index (χ0) is 21.6. The number of benzene rings is 2. The van der Waals surface area contributed by atoms with Gasteiger partial charge in [0.1, 0.15) is 0 Å². The lowest BCUT2D eigenvalue weighted by molar-refractivity contribution is 0.157. The molecule has 1 saturated heterocycles. The first-order valence-electron chi connectivity index (χ1n) is 10.8. The average molecular weight is 435 g/mol. The summed E-state index contributed by atoms with van der Waals surface area (Å²) < 4.78 is 0. The van der Waals surface area contributed by atoms with Crippen LogP contribution in [0.2, 0.25) is 0 Å². The van der Waals surface area contributed by atoms with Crippen molar-refractivity contribution < 1.29 is 4.79 Å². The molecule has 162 valence electrons. The molecule has 1 aromatic heterocycles. The second-order valence-corrected chi connectivity index (χ2v) is 9.05. The SMILES string of the molecule is Cc1cccc(NC(=O)NC(C)C(c2cccs2)N2CCN(c3ccccc3)CC2)c1. The second-order valence-electron chi connectivity index (χ2n) is 8.08. The molecule has 5 nitrogen and oxygen atoms in total. The average Bonchev–Trinajstić information content (AvgIpc) is 3.29. The number of carbonyl (C=O) groups is 1. The number of para-hydroxylation sites is 1. The molecule has 6 heteroatoms. The van der Waals surface area contributed by atoms with E-state index >= 15 is 0 Å². The van der Waals surface area contributed by atoms with E-state index in [2.05, 4.69) is 75.2 Å². The smallest absolute Gasteiger partial charge is 0.319 e. The van der Waals surface area contributed by atoms with Gasteiger partial charge in [-0.15, -0.1) is 11.3 Å². The van der Waals surface area contributed by atoms with Crippen LogP contribution in [0.15, 0.2) is 72.1 Å². The number of thiophene rings is 1. The molecule has 2 aromatic carbocycles. The van der Waals surface area contributed by atoms with E-state index in [0.29, 0.717) is 0 Å². The summed E-state index contributed by atoms with van der Waals surface area (Å²) in [6.45, 7) is 8.01. The summed E-state index contributed by atoms with van der Waals surface area (Å²) in [4.78, 5) is 18.9. The Labute approximate surface area is 188 Å². The number of nitrogens with zero attached hydrogens (tertiary/aromatic N) is 2. The third-order valence-electron chi connectivity index (χ3n) is 5.77. The molecule has 0 radical (unpaired) electrons. The molecule has 2 atom stereocenters. The van der Waals surface area contributed by atoms with Gasteiger partial charge in [-0.1, -0.05) is 36.4 Å². The van der Waals surface area contributed by atoms with Crippen LogP contribution in [-0.4, -0.2) is 43.2 Å². The fourth-order valence-corrected chi connectivity index (χ4v) is 5.24. The van der Waals surface area contributed by atoms with Gasteiger partial charge in [0.25, 0.3) is 0 Å². The van der Waals surface area contributed by atoms with Crippen molar-refractivity contribution in [3.8, 4) is 0 Å². The number of hydrogen-bond acceptors (Lipinski definition) is 4. The molecule has 1 fully saturated rings. The largest absolute Gasteiger partial charge is 0.369 e. The van der Waals surface area contributed by atoms with E-state index in [1.165, 1.54) is 10.6 Å². The van der Waals surface area contributed by atoms with Crippen molar-refractivity contribution in [2.75, 3.05) is 36.4 Å². The summed E-state index contributed by atoms with van der Waals surface area (Å²) in [6.07, 6.45) is 0. The minimum atomic E-state index is -0.164. The van der Waals surface area contributed by atoms with Crippen LogP contribution in [0.25, 0.3) is 0 Å². The lowest BCUT2D eigenvalue weighted by atomic mass is 10.0. The maximum absolute atomic E-state index is 12.7. The molecule has 2 N–H and O–H groups in total. The van der Waals surface area contributed by atoms with Gasteiger partial charge in [-0.2, -0.15) is 0 Å². The van der Waals surface area contributed by atoms with Gasteiger partial charge in [0.05, 0.1) is 6.04 Å². The molecule has 31 heavy (non-hydrogen) atoms. The van der Waals surface area contributed by atoms with Crippen LogP contribution in [0.5, 0.6) is 0 Å². The number of rotatable bonds is 6. The zero-order valence-corrected chi connectivity index (χ0v) is 18.9. The second kappa shape index (κ2) is 9.98. The third kappa shape index (κ3) is 5.46. The lowest BCUT2D eigenvalue weighted by Gasteiger charge is -2.42. The van der Waals surface area contributed by atoms with E-state index in [-0.39, 0.29) is 18.1 Å². The van der Waals surface area contributed by atoms with E-state index in [9.17, 15) is 4.79 Å². The van der Waals surface area contributed by atoms with Gasteiger partial charge in [-0.25, -0.2) is 4.79 Å². The van der Waals surface area contributed by atoms with Crippen LogP contribution in [-0.2, 0) is 0 Å². The standard InChI is InChI=1S/C25H30N4OS/c1-19-8-6-9-21(18-19)27-25(30)26-20(2)24(23-12-7-17-31-23)29-15-13-28(14-16-29)22-10-4-3-5-11-22/h3-12,17-18,20,24H,13-16H2,1-2H3,(H2,26,27,30). The predicted molar refractivity (Wildman–Crippen MR) is 130 cm³/mol. The Kier molecular flexibility index (Phi) is 6.89. The van der Waals surface area contributed by atoms with Crippen LogP contribution in [0, 0.1) is 6.92 Å². The fourth-order valence-electron chi connectivity index (χ4n) is 4.27. The quantitative estimate of drug-likeness (QED) is 0.565. The molecule has 2 amide bonds. The number of piperazine rings is 1. The molecule has 2 heterocycles. The molecule has 0 saturated carbocycles. The monoisotopic (exact) mass is 434 g/mol. The lowest BCUT2D eigenvalue weighted by Crippen LogP contribution is -2.52. The summed E-state index contributed by atoms with van der Waals surface area (Å²) in [5.74, 6) is 0. The first-order chi connectivity index (χ1) is 15.1. The minimum absolute atomic E-state index is 0.0215. The van der Waals surface area contributed by atoms with Gasteiger partial charge in [-0.3, -0.25) is 4.90 Å². The minimum Gasteiger partial charge on any atom is -0.369 e. The number of anilines is 2. The van der Waals surface area contributed by atoms with Crippen LogP contribution in [0.4, 0.5) is 16.2 Å². The molecule has 4 rings (SSSR count). The highest BCUT2D eigenvalue weighted by molar-refractivity contribution is 7.10. The van der Waals surface area contributed by atoms with Crippen LogP contribution < -0.4 is 15.5 Å². The molecule has 1 aliphatic rings. The highest BCUT2D eigenvalue weighted by atomic mass is 32.1. The van der Waals surface area contributed by atoms with Crippen molar-refractivity contribution in [1.29, 1.82) is 0 Å². The van der Waals surface area contributed by atoms with E-state index in [0.717, 1.165) is 37.4 Å². The predicted octanol–water partition coefficient (Wildman–Crippen LogP) is 5.13. The van der Waals surface area contributed by atoms with Gasteiger partial charge in [0.2, 0.25) is 0 Å². The summed E-state index contributed by atoms with van der Waals surface area (Å²) >= 11 is 1.76. The summed E-state index contributed by atoms with van der Waals surface area (Å²) in [5, 5.41) is 8.26. The highest BCUT2D eigenvalue weighted by Gasteiger charge is 2.31. The molecular weight excluding hydrogens is 404 g/mol. The Morgan fingerprint density at radius 1 is 0.968 bits per heavy atom. The zero-order valence-electron chi connectivity index (χ0n) is 18.1. The summed E-state index contributed by atoms with van der Waals surface area (Å²) in [5.41, 5.74) is 3.21. The van der Waals surface area contributed by atoms with Crippen molar-refractivity contribution in [3.63, 3.8) is 0 Å². The Balaban J connectivity index is 1.41. The van der Waals surface area contributed by atoms with Gasteiger partial charge in [0.15, 0.2) is 0 Å². The first kappa shape index (κ1) is 21.4. The number of urea groups is 1. The van der Waals surface area contributed by atoms with E-state index < -0.39 is 0 Å². The number of amides is 2. The normalized spacial score (nSPS) is 16.5. The van der Waals surface area contributed by atoms with E-state index in [1.807, 2.05) is 31.2 Å². The van der Waals surface area contributed by atoms with Crippen molar-refractivity contribution in [3.05, 3.63) is 82.6 Å². The van der Waals surface area contributed by atoms with Crippen molar-refractivity contribution in [2.24, 2.45) is 0 Å². The maximum Gasteiger partial charge on any atom is 0.319 e. The Hall–Kier alpha value is -2.83. The van der Waals surface area contributed by atoms with Crippen LogP contribution >= 0.6 is 11.3 Å². The van der Waals surface area contributed by atoms with Crippen LogP contribution in [0.3, 0.4) is 0 Å². The highest BCUT2D eigenvalue weighted by Crippen LogP contribution is 2.30. The summed E-state index contributed by atoms with van der Waals surface area (Å²) in [7, 11) is 0. The van der Waals surface area contributed by atoms with Crippen LogP contribution in [0.1, 0.15) is 23.4 Å². The van der Waals surface area contributed by atoms with E-state index in [1.54, 1.807) is 11.3 Å². The number of nitrogens with one attached hydrogen (secondary N) is 2. The number of hydrogen-bond donors (Lipinski definition) is 2. The molecule has 3 aromatic rings. The number of carbonyl (C=O) groups excluding carboxylic acids is 1. The Bertz CT molecular complexity index is 968. The molecule has 1 aliphatic heterocycles. The van der Waals surface area contributed by atoms with Crippen molar-refractivity contribution in [1.82, 2.24) is 10.2 Å². The topological polar surface area (TPSA) is 47.6 Å². The Morgan fingerprint density at radius 2 is 1.74 bits per heavy atom. The molecule has 2 unspecified atom stereocenters. The third-order valence-corrected chi connectivity index (χ3v) is 6.71. The van der Waals surface area contributed by atoms with Gasteiger partial charge >= 0.3 is 6.03 Å². The Morgan fingerprint density at radius 3 is 2.42 bits per heavy atom. The van der Waals surface area contributed by atoms with Gasteiger partial charge in [0, 0.05) is 48.5 Å². The fraction of sp³-hybridized carbons (Fsp3) is 0.320. The van der Waals surface area contributed by atoms with Gasteiger partial charge < -0.3 is 15.5 Å². The summed E-state index contributed by atoms with van der Waals surface area (Å²) in [6, 6.07) is 22.7. The van der Waals surface area contributed by atoms with Gasteiger partial charge in [-0.05, 0) is 55.1 Å². The number of aryl methyl sites for hydroxylation is 1. The molecule has 0 bridgehead atoms. The van der Waals surface area contributed by atoms with Crippen molar-refractivity contribution in [2.45, 2.75) is 25.9 Å². The van der Waals surface area contributed by atoms with E-state index in [4.69, 9.17) is 0 Å². The van der Waals surface area contributed by atoms with Crippen molar-refractivity contribution >= 4 is 28.7 Å².